The molecular formula is C28H16Br2N2. The lowest BCUT2D eigenvalue weighted by molar-refractivity contribution is 1.29. The maximum atomic E-state index is 5.11. The Morgan fingerprint density at radius 2 is 0.844 bits per heavy atom. The van der Waals surface area contributed by atoms with E-state index in [2.05, 4.69) is 105 Å². The summed E-state index contributed by atoms with van der Waals surface area (Å²) in [7, 11) is 0. The second-order valence-electron chi connectivity index (χ2n) is 7.82. The van der Waals surface area contributed by atoms with E-state index in [1.165, 1.54) is 21.5 Å². The fraction of sp³-hybridized carbons (Fsp3) is 0. The van der Waals surface area contributed by atoms with Gasteiger partial charge in [0, 0.05) is 20.1 Å². The highest BCUT2D eigenvalue weighted by Crippen LogP contribution is 2.34. The molecule has 32 heavy (non-hydrogen) atoms. The van der Waals surface area contributed by atoms with Crippen molar-refractivity contribution in [1.29, 1.82) is 0 Å². The van der Waals surface area contributed by atoms with Crippen LogP contribution in [0.25, 0.3) is 55.1 Å². The minimum Gasteiger partial charge on any atom is -0.244 e. The maximum absolute atomic E-state index is 5.11. The van der Waals surface area contributed by atoms with E-state index in [9.17, 15) is 0 Å². The molecule has 1 aromatic heterocycles. The molecule has 0 bridgehead atoms. The Hall–Kier alpha value is -3.08. The topological polar surface area (TPSA) is 25.8 Å². The highest BCUT2D eigenvalue weighted by molar-refractivity contribution is 9.10. The zero-order valence-corrected chi connectivity index (χ0v) is 20.1. The van der Waals surface area contributed by atoms with Crippen LogP contribution in [0, 0.1) is 0 Å². The van der Waals surface area contributed by atoms with Crippen LogP contribution < -0.4 is 0 Å². The zero-order chi connectivity index (χ0) is 21.7. The van der Waals surface area contributed by atoms with Crippen LogP contribution in [-0.4, -0.2) is 9.97 Å². The molecule has 1 heterocycles. The average Bonchev–Trinajstić information content (AvgIpc) is 2.82. The fourth-order valence-electron chi connectivity index (χ4n) is 4.11. The molecule has 0 unspecified atom stereocenters. The predicted octanol–water partition coefficient (Wildman–Crippen LogP) is 8.80. The van der Waals surface area contributed by atoms with Crippen LogP contribution in [0.4, 0.5) is 0 Å². The molecule has 0 N–H and O–H groups in total. The number of halogens is 2. The number of hydrogen-bond acceptors (Lipinski definition) is 2. The van der Waals surface area contributed by atoms with Crippen molar-refractivity contribution in [1.82, 2.24) is 9.97 Å². The third kappa shape index (κ3) is 3.50. The SMILES string of the molecule is Brc1ccc(-c2nc3cc4cc5ccccc5cc4cc3nc2-c2ccc(Br)cc2)cc1. The minimum atomic E-state index is 0.882. The van der Waals surface area contributed by atoms with Crippen LogP contribution in [0.5, 0.6) is 0 Å². The van der Waals surface area contributed by atoms with Crippen LogP contribution in [0.2, 0.25) is 0 Å². The summed E-state index contributed by atoms with van der Waals surface area (Å²) in [6.07, 6.45) is 0. The van der Waals surface area contributed by atoms with E-state index in [0.717, 1.165) is 42.5 Å². The number of fused-ring (bicyclic) bond motifs is 3. The van der Waals surface area contributed by atoms with Gasteiger partial charge >= 0.3 is 0 Å². The molecule has 0 fully saturated rings. The van der Waals surface area contributed by atoms with Gasteiger partial charge in [-0.25, -0.2) is 9.97 Å². The predicted molar refractivity (Wildman–Crippen MR) is 141 cm³/mol. The monoisotopic (exact) mass is 538 g/mol. The molecule has 0 aliphatic carbocycles. The summed E-state index contributed by atoms with van der Waals surface area (Å²) in [5.41, 5.74) is 5.64. The molecule has 4 heteroatoms. The smallest absolute Gasteiger partial charge is 0.0973 e. The molecule has 0 amide bonds. The molecule has 0 saturated carbocycles. The number of benzene rings is 5. The standard InChI is InChI=1S/C28H16Br2N2/c29-23-9-5-17(6-10-23)27-28(18-7-11-24(30)12-8-18)32-26-16-22-14-20-4-2-1-3-19(20)13-21(22)15-25(26)31-27/h1-16H. The van der Waals surface area contributed by atoms with Crippen LogP contribution in [0.15, 0.2) is 106 Å². The Morgan fingerprint density at radius 3 is 1.25 bits per heavy atom. The van der Waals surface area contributed by atoms with Gasteiger partial charge in [-0.05, 0) is 70.1 Å². The Labute approximate surface area is 202 Å². The van der Waals surface area contributed by atoms with Gasteiger partial charge in [0.15, 0.2) is 0 Å². The molecule has 0 saturated heterocycles. The first kappa shape index (κ1) is 19.6. The summed E-state index contributed by atoms with van der Waals surface area (Å²) in [4.78, 5) is 10.2. The Bertz CT molecular complexity index is 1500. The zero-order valence-electron chi connectivity index (χ0n) is 16.9. The van der Waals surface area contributed by atoms with Crippen LogP contribution in [0.1, 0.15) is 0 Å². The second-order valence-corrected chi connectivity index (χ2v) is 9.65. The van der Waals surface area contributed by atoms with Crippen molar-refractivity contribution < 1.29 is 0 Å². The number of aromatic nitrogens is 2. The first-order chi connectivity index (χ1) is 15.6. The van der Waals surface area contributed by atoms with Gasteiger partial charge < -0.3 is 0 Å². The highest BCUT2D eigenvalue weighted by Gasteiger charge is 2.14. The molecule has 6 aromatic rings. The molecule has 2 nitrogen and oxygen atoms in total. The van der Waals surface area contributed by atoms with Crippen molar-refractivity contribution in [3.8, 4) is 22.5 Å². The summed E-state index contributed by atoms with van der Waals surface area (Å²) in [5, 5.41) is 4.80. The number of hydrogen-bond donors (Lipinski definition) is 0. The summed E-state index contributed by atoms with van der Waals surface area (Å²) < 4.78 is 2.08. The Morgan fingerprint density at radius 1 is 0.438 bits per heavy atom. The van der Waals surface area contributed by atoms with E-state index in [-0.39, 0.29) is 0 Å². The summed E-state index contributed by atoms with van der Waals surface area (Å²) >= 11 is 7.07. The number of nitrogens with zero attached hydrogens (tertiary/aromatic N) is 2. The molecule has 0 spiro atoms. The third-order valence-corrected chi connectivity index (χ3v) is 6.78. The van der Waals surface area contributed by atoms with Gasteiger partial charge in [0.2, 0.25) is 0 Å². The van der Waals surface area contributed by atoms with Crippen molar-refractivity contribution in [3.63, 3.8) is 0 Å². The molecule has 152 valence electrons. The first-order valence-electron chi connectivity index (χ1n) is 10.3. The van der Waals surface area contributed by atoms with Crippen LogP contribution in [-0.2, 0) is 0 Å². The van der Waals surface area contributed by atoms with Gasteiger partial charge in [-0.1, -0.05) is 80.4 Å². The van der Waals surface area contributed by atoms with E-state index in [1.807, 2.05) is 24.3 Å². The lowest BCUT2D eigenvalue weighted by Gasteiger charge is -2.12. The number of rotatable bonds is 2. The van der Waals surface area contributed by atoms with Gasteiger partial charge in [0.25, 0.3) is 0 Å². The first-order valence-corrected chi connectivity index (χ1v) is 11.9. The second kappa shape index (κ2) is 7.80. The molecule has 6 rings (SSSR count). The van der Waals surface area contributed by atoms with Gasteiger partial charge in [-0.15, -0.1) is 0 Å². The Kier molecular flexibility index (Phi) is 4.78. The van der Waals surface area contributed by atoms with E-state index in [0.29, 0.717) is 0 Å². The van der Waals surface area contributed by atoms with Crippen molar-refractivity contribution in [2.24, 2.45) is 0 Å². The summed E-state index contributed by atoms with van der Waals surface area (Å²) in [5.74, 6) is 0. The highest BCUT2D eigenvalue weighted by atomic mass is 79.9. The van der Waals surface area contributed by atoms with Crippen LogP contribution in [0.3, 0.4) is 0 Å². The summed E-state index contributed by atoms with van der Waals surface area (Å²) in [6, 6.07) is 33.7. The maximum Gasteiger partial charge on any atom is 0.0973 e. The lowest BCUT2D eigenvalue weighted by Crippen LogP contribution is -1.96. The third-order valence-electron chi connectivity index (χ3n) is 5.72. The van der Waals surface area contributed by atoms with E-state index in [4.69, 9.17) is 9.97 Å². The van der Waals surface area contributed by atoms with Gasteiger partial charge in [0.05, 0.1) is 22.4 Å². The van der Waals surface area contributed by atoms with E-state index >= 15 is 0 Å². The van der Waals surface area contributed by atoms with Gasteiger partial charge in [0.1, 0.15) is 0 Å². The molecule has 0 aliphatic rings. The molecule has 0 aliphatic heterocycles. The largest absolute Gasteiger partial charge is 0.244 e. The quantitative estimate of drug-likeness (QED) is 0.205. The fourth-order valence-corrected chi connectivity index (χ4v) is 4.64. The van der Waals surface area contributed by atoms with E-state index in [1.54, 1.807) is 0 Å². The molecule has 5 aromatic carbocycles. The van der Waals surface area contributed by atoms with Crippen molar-refractivity contribution in [2.75, 3.05) is 0 Å². The molecule has 0 radical (unpaired) electrons. The molecule has 0 atom stereocenters. The van der Waals surface area contributed by atoms with Gasteiger partial charge in [-0.3, -0.25) is 0 Å². The Balaban J connectivity index is 1.65. The van der Waals surface area contributed by atoms with Crippen molar-refractivity contribution >= 4 is 64.4 Å². The summed E-state index contributed by atoms with van der Waals surface area (Å²) in [6.45, 7) is 0. The lowest BCUT2D eigenvalue weighted by atomic mass is 10.0. The van der Waals surface area contributed by atoms with Crippen molar-refractivity contribution in [3.05, 3.63) is 106 Å². The van der Waals surface area contributed by atoms with E-state index < -0.39 is 0 Å². The minimum absolute atomic E-state index is 0.882. The average molecular weight is 540 g/mol. The van der Waals surface area contributed by atoms with Crippen molar-refractivity contribution in [2.45, 2.75) is 0 Å². The molecular weight excluding hydrogens is 524 g/mol. The van der Waals surface area contributed by atoms with Gasteiger partial charge in [-0.2, -0.15) is 0 Å². The normalized spacial score (nSPS) is 11.4. The van der Waals surface area contributed by atoms with Crippen LogP contribution >= 0.6 is 31.9 Å².